The van der Waals surface area contributed by atoms with E-state index in [1.807, 2.05) is 30.3 Å². The zero-order valence-corrected chi connectivity index (χ0v) is 11.6. The highest BCUT2D eigenvalue weighted by Gasteiger charge is 2.13. The maximum absolute atomic E-state index is 12.8. The Morgan fingerprint density at radius 1 is 1.09 bits per heavy atom. The van der Waals surface area contributed by atoms with E-state index in [-0.39, 0.29) is 17.4 Å². The van der Waals surface area contributed by atoms with Crippen LogP contribution in [0.2, 0.25) is 0 Å². The molecule has 0 unspecified atom stereocenters. The highest BCUT2D eigenvalue weighted by atomic mass is 19.1. The molecule has 110 valence electrons. The van der Waals surface area contributed by atoms with E-state index < -0.39 is 0 Å². The maximum Gasteiger partial charge on any atom is 0.273 e. The monoisotopic (exact) mass is 296 g/mol. The Labute approximate surface area is 126 Å². The number of carbonyl (C=O) groups is 1. The van der Waals surface area contributed by atoms with Crippen LogP contribution in [0.1, 0.15) is 16.1 Å². The lowest BCUT2D eigenvalue weighted by Gasteiger charge is -2.02. The summed E-state index contributed by atoms with van der Waals surface area (Å²) in [5.41, 5.74) is 1.87. The van der Waals surface area contributed by atoms with Crippen molar-refractivity contribution in [3.8, 4) is 11.3 Å². The molecule has 4 nitrogen and oxygen atoms in total. The average Bonchev–Trinajstić information content (AvgIpc) is 3.05. The van der Waals surface area contributed by atoms with E-state index in [4.69, 9.17) is 4.52 Å². The zero-order valence-electron chi connectivity index (χ0n) is 11.6. The quantitative estimate of drug-likeness (QED) is 0.802. The Balaban J connectivity index is 1.66. The van der Waals surface area contributed by atoms with Crippen molar-refractivity contribution in [3.05, 3.63) is 77.7 Å². The molecule has 1 heterocycles. The standard InChI is InChI=1S/C17H13FN2O2/c18-14-8-6-12(7-9-14)11-19-17(21)15-10-16(22-20-15)13-4-2-1-3-5-13/h1-10H,11H2,(H,19,21). The van der Waals surface area contributed by atoms with Gasteiger partial charge in [0.2, 0.25) is 0 Å². The lowest BCUT2D eigenvalue weighted by molar-refractivity contribution is 0.0942. The molecule has 0 aliphatic heterocycles. The van der Waals surface area contributed by atoms with Crippen molar-refractivity contribution in [1.29, 1.82) is 0 Å². The average molecular weight is 296 g/mol. The van der Waals surface area contributed by atoms with Crippen LogP contribution in [-0.2, 0) is 6.54 Å². The number of rotatable bonds is 4. The van der Waals surface area contributed by atoms with Gasteiger partial charge in [-0.25, -0.2) is 4.39 Å². The molecule has 1 aromatic heterocycles. The van der Waals surface area contributed by atoms with Gasteiger partial charge in [0.05, 0.1) is 0 Å². The van der Waals surface area contributed by atoms with Crippen LogP contribution in [0.5, 0.6) is 0 Å². The molecule has 2 aromatic carbocycles. The molecule has 0 radical (unpaired) electrons. The Morgan fingerprint density at radius 2 is 1.82 bits per heavy atom. The van der Waals surface area contributed by atoms with E-state index in [2.05, 4.69) is 10.5 Å². The number of nitrogens with one attached hydrogen (secondary N) is 1. The van der Waals surface area contributed by atoms with Gasteiger partial charge in [-0.3, -0.25) is 4.79 Å². The molecule has 1 amide bonds. The fourth-order valence-electron chi connectivity index (χ4n) is 2.00. The molecule has 1 N–H and O–H groups in total. The van der Waals surface area contributed by atoms with E-state index in [1.165, 1.54) is 12.1 Å². The van der Waals surface area contributed by atoms with Crippen molar-refractivity contribution in [2.75, 3.05) is 0 Å². The second-order valence-corrected chi connectivity index (χ2v) is 4.75. The Morgan fingerprint density at radius 3 is 2.55 bits per heavy atom. The van der Waals surface area contributed by atoms with E-state index in [0.29, 0.717) is 12.3 Å². The number of halogens is 1. The third kappa shape index (κ3) is 3.20. The molecule has 0 spiro atoms. The molecule has 3 aromatic rings. The fraction of sp³-hybridized carbons (Fsp3) is 0.0588. The summed E-state index contributed by atoms with van der Waals surface area (Å²) in [6, 6.07) is 16.9. The normalized spacial score (nSPS) is 10.4. The molecule has 0 bridgehead atoms. The van der Waals surface area contributed by atoms with E-state index in [1.54, 1.807) is 18.2 Å². The number of benzene rings is 2. The number of hydrogen-bond donors (Lipinski definition) is 1. The predicted octanol–water partition coefficient (Wildman–Crippen LogP) is 3.41. The zero-order chi connectivity index (χ0) is 15.4. The lowest BCUT2D eigenvalue weighted by atomic mass is 10.1. The van der Waals surface area contributed by atoms with E-state index in [9.17, 15) is 9.18 Å². The first-order valence-corrected chi connectivity index (χ1v) is 6.77. The molecule has 5 heteroatoms. The van der Waals surface area contributed by atoms with Crippen LogP contribution in [0.15, 0.2) is 65.2 Å². The minimum atomic E-state index is -0.338. The van der Waals surface area contributed by atoms with Gasteiger partial charge in [0.15, 0.2) is 11.5 Å². The summed E-state index contributed by atoms with van der Waals surface area (Å²) in [5.74, 6) is -0.109. The maximum atomic E-state index is 12.8. The fourth-order valence-corrected chi connectivity index (χ4v) is 2.00. The van der Waals surface area contributed by atoms with Gasteiger partial charge in [0.1, 0.15) is 5.82 Å². The van der Waals surface area contributed by atoms with Crippen molar-refractivity contribution >= 4 is 5.91 Å². The highest BCUT2D eigenvalue weighted by Crippen LogP contribution is 2.19. The van der Waals surface area contributed by atoms with Crippen LogP contribution in [0.4, 0.5) is 4.39 Å². The van der Waals surface area contributed by atoms with Crippen molar-refractivity contribution in [3.63, 3.8) is 0 Å². The summed E-state index contributed by atoms with van der Waals surface area (Å²) in [4.78, 5) is 12.0. The first kappa shape index (κ1) is 14.0. The molecular formula is C17H13FN2O2. The van der Waals surface area contributed by atoms with E-state index >= 15 is 0 Å². The third-order valence-electron chi connectivity index (χ3n) is 3.17. The largest absolute Gasteiger partial charge is 0.355 e. The van der Waals surface area contributed by atoms with Gasteiger partial charge in [-0.05, 0) is 17.7 Å². The summed E-state index contributed by atoms with van der Waals surface area (Å²) < 4.78 is 18.0. The molecular weight excluding hydrogens is 283 g/mol. The Kier molecular flexibility index (Phi) is 3.96. The van der Waals surface area contributed by atoms with Crippen LogP contribution in [0.3, 0.4) is 0 Å². The van der Waals surface area contributed by atoms with Crippen LogP contribution < -0.4 is 5.32 Å². The SMILES string of the molecule is O=C(NCc1ccc(F)cc1)c1cc(-c2ccccc2)on1. The molecule has 0 atom stereocenters. The Bertz CT molecular complexity index is 767. The minimum Gasteiger partial charge on any atom is -0.355 e. The van der Waals surface area contributed by atoms with Gasteiger partial charge in [-0.15, -0.1) is 0 Å². The van der Waals surface area contributed by atoms with Crippen molar-refractivity contribution in [2.24, 2.45) is 0 Å². The molecule has 3 rings (SSSR count). The summed E-state index contributed by atoms with van der Waals surface area (Å²) >= 11 is 0. The van der Waals surface area contributed by atoms with Gasteiger partial charge >= 0.3 is 0 Å². The third-order valence-corrected chi connectivity index (χ3v) is 3.17. The topological polar surface area (TPSA) is 55.1 Å². The van der Waals surface area contributed by atoms with Gasteiger partial charge in [0.25, 0.3) is 5.91 Å². The molecule has 0 aliphatic rings. The van der Waals surface area contributed by atoms with Crippen molar-refractivity contribution in [1.82, 2.24) is 10.5 Å². The summed E-state index contributed by atoms with van der Waals surface area (Å²) in [6.07, 6.45) is 0. The molecule has 0 saturated heterocycles. The molecule has 0 fully saturated rings. The van der Waals surface area contributed by atoms with Crippen molar-refractivity contribution in [2.45, 2.75) is 6.54 Å². The minimum absolute atomic E-state index is 0.209. The number of hydrogen-bond acceptors (Lipinski definition) is 3. The Hall–Kier alpha value is -2.95. The number of nitrogens with zero attached hydrogens (tertiary/aromatic N) is 1. The van der Waals surface area contributed by atoms with Crippen LogP contribution in [0, 0.1) is 5.82 Å². The van der Waals surface area contributed by atoms with Gasteiger partial charge in [-0.2, -0.15) is 0 Å². The smallest absolute Gasteiger partial charge is 0.273 e. The van der Waals surface area contributed by atoms with Crippen LogP contribution >= 0.6 is 0 Å². The second kappa shape index (κ2) is 6.22. The molecule has 0 aliphatic carbocycles. The summed E-state index contributed by atoms with van der Waals surface area (Å²) in [7, 11) is 0. The molecule has 0 saturated carbocycles. The first-order valence-electron chi connectivity index (χ1n) is 6.77. The predicted molar refractivity (Wildman–Crippen MR) is 79.5 cm³/mol. The van der Waals surface area contributed by atoms with E-state index in [0.717, 1.165) is 11.1 Å². The van der Waals surface area contributed by atoms with Gasteiger partial charge < -0.3 is 9.84 Å². The van der Waals surface area contributed by atoms with Crippen LogP contribution in [0.25, 0.3) is 11.3 Å². The summed E-state index contributed by atoms with van der Waals surface area (Å²) in [6.45, 7) is 0.298. The van der Waals surface area contributed by atoms with Gasteiger partial charge in [0, 0.05) is 18.2 Å². The lowest BCUT2D eigenvalue weighted by Crippen LogP contribution is -2.23. The van der Waals surface area contributed by atoms with Gasteiger partial charge in [-0.1, -0.05) is 47.6 Å². The first-order chi connectivity index (χ1) is 10.7. The van der Waals surface area contributed by atoms with Crippen LogP contribution in [-0.4, -0.2) is 11.1 Å². The second-order valence-electron chi connectivity index (χ2n) is 4.75. The number of amides is 1. The number of aromatic nitrogens is 1. The number of carbonyl (C=O) groups excluding carboxylic acids is 1. The summed E-state index contributed by atoms with van der Waals surface area (Å²) in [5, 5.41) is 6.49. The molecule has 22 heavy (non-hydrogen) atoms. The highest BCUT2D eigenvalue weighted by molar-refractivity contribution is 5.93. The van der Waals surface area contributed by atoms with Crippen molar-refractivity contribution < 1.29 is 13.7 Å².